The van der Waals surface area contributed by atoms with Crippen molar-refractivity contribution in [1.29, 1.82) is 0 Å². The Kier molecular flexibility index (Phi) is 6.67. The molecule has 1 aromatic rings. The average Bonchev–Trinajstić information content (AvgIpc) is 2.86. The van der Waals surface area contributed by atoms with Crippen molar-refractivity contribution in [3.05, 3.63) is 29.3 Å². The van der Waals surface area contributed by atoms with Gasteiger partial charge in [-0.2, -0.15) is 0 Å². The summed E-state index contributed by atoms with van der Waals surface area (Å²) < 4.78 is 5.33. The minimum absolute atomic E-state index is 0.0171. The quantitative estimate of drug-likeness (QED) is 0.910. The van der Waals surface area contributed by atoms with Gasteiger partial charge in [-0.25, -0.2) is 4.79 Å². The van der Waals surface area contributed by atoms with Crippen molar-refractivity contribution < 1.29 is 14.3 Å². The van der Waals surface area contributed by atoms with Gasteiger partial charge in [0.15, 0.2) is 0 Å². The first-order chi connectivity index (χ1) is 12.0. The van der Waals surface area contributed by atoms with Crippen molar-refractivity contribution in [3.8, 4) is 5.75 Å². The summed E-state index contributed by atoms with van der Waals surface area (Å²) >= 11 is 0. The molecule has 0 bridgehead atoms. The third-order valence-electron chi connectivity index (χ3n) is 4.39. The lowest BCUT2D eigenvalue weighted by atomic mass is 10.1. The number of ether oxygens (including phenoxy) is 1. The second kappa shape index (κ2) is 8.74. The van der Waals surface area contributed by atoms with Gasteiger partial charge in [0.2, 0.25) is 0 Å². The van der Waals surface area contributed by atoms with Gasteiger partial charge in [-0.15, -0.1) is 0 Å². The van der Waals surface area contributed by atoms with Crippen molar-refractivity contribution in [2.24, 2.45) is 0 Å². The number of carbonyl (C=O) groups excluding carboxylic acids is 2. The predicted molar refractivity (Wildman–Crippen MR) is 98.1 cm³/mol. The van der Waals surface area contributed by atoms with E-state index in [0.29, 0.717) is 31.7 Å². The molecule has 2 rings (SSSR count). The van der Waals surface area contributed by atoms with Crippen LogP contribution in [0.2, 0.25) is 0 Å². The molecule has 0 unspecified atom stereocenters. The van der Waals surface area contributed by atoms with E-state index >= 15 is 0 Å². The predicted octanol–water partition coefficient (Wildman–Crippen LogP) is 2.52. The molecule has 1 fully saturated rings. The van der Waals surface area contributed by atoms with Gasteiger partial charge in [-0.05, 0) is 50.5 Å². The van der Waals surface area contributed by atoms with E-state index < -0.39 is 0 Å². The van der Waals surface area contributed by atoms with Crippen molar-refractivity contribution in [3.63, 3.8) is 0 Å². The van der Waals surface area contributed by atoms with E-state index in [0.717, 1.165) is 24.2 Å². The molecule has 25 heavy (non-hydrogen) atoms. The van der Waals surface area contributed by atoms with Gasteiger partial charge in [0.25, 0.3) is 5.91 Å². The molecule has 0 radical (unpaired) electrons. The molecule has 0 spiro atoms. The van der Waals surface area contributed by atoms with Crippen LogP contribution in [-0.4, -0.2) is 61.1 Å². The van der Waals surface area contributed by atoms with Crippen LogP contribution in [0.25, 0.3) is 0 Å². The Hall–Kier alpha value is -2.24. The minimum atomic E-state index is -0.0537. The summed E-state index contributed by atoms with van der Waals surface area (Å²) in [6.07, 6.45) is 1.60. The standard InChI is InChI=1S/C19H29N3O3/c1-5-15-13-16(7-8-17(15)25-4)18(23)21-9-6-10-22(12-11-21)19(24)20-14(2)3/h7-8,13-14H,5-6,9-12H2,1-4H3,(H,20,24). The number of urea groups is 1. The van der Waals surface area contributed by atoms with Gasteiger partial charge in [0.1, 0.15) is 5.75 Å². The van der Waals surface area contributed by atoms with Crippen molar-refractivity contribution in [1.82, 2.24) is 15.1 Å². The first-order valence-corrected chi connectivity index (χ1v) is 8.97. The Bertz CT molecular complexity index is 616. The Morgan fingerprint density at radius 3 is 2.48 bits per heavy atom. The number of benzene rings is 1. The highest BCUT2D eigenvalue weighted by molar-refractivity contribution is 5.94. The Morgan fingerprint density at radius 2 is 1.84 bits per heavy atom. The number of rotatable bonds is 4. The summed E-state index contributed by atoms with van der Waals surface area (Å²) in [6, 6.07) is 5.64. The van der Waals surface area contributed by atoms with Gasteiger partial charge >= 0.3 is 6.03 Å². The molecule has 0 aromatic heterocycles. The SMILES string of the molecule is CCc1cc(C(=O)N2CCCN(C(=O)NC(C)C)CC2)ccc1OC. The molecule has 1 saturated heterocycles. The number of amides is 3. The van der Waals surface area contributed by atoms with Crippen molar-refractivity contribution in [2.45, 2.75) is 39.7 Å². The zero-order chi connectivity index (χ0) is 18.4. The first kappa shape index (κ1) is 19.1. The maximum Gasteiger partial charge on any atom is 0.317 e. The maximum absolute atomic E-state index is 12.8. The molecule has 0 atom stereocenters. The lowest BCUT2D eigenvalue weighted by molar-refractivity contribution is 0.0762. The molecule has 0 aliphatic carbocycles. The molecule has 0 saturated carbocycles. The second-order valence-corrected chi connectivity index (χ2v) is 6.62. The van der Waals surface area contributed by atoms with Gasteiger partial charge in [-0.1, -0.05) is 6.92 Å². The van der Waals surface area contributed by atoms with Crippen LogP contribution in [0.5, 0.6) is 5.75 Å². The average molecular weight is 347 g/mol. The highest BCUT2D eigenvalue weighted by Gasteiger charge is 2.23. The van der Waals surface area contributed by atoms with Gasteiger partial charge < -0.3 is 19.9 Å². The first-order valence-electron chi connectivity index (χ1n) is 8.97. The molecular weight excluding hydrogens is 318 g/mol. The summed E-state index contributed by atoms with van der Waals surface area (Å²) in [6.45, 7) is 8.38. The fourth-order valence-electron chi connectivity index (χ4n) is 3.03. The number of nitrogens with zero attached hydrogens (tertiary/aromatic N) is 2. The van der Waals surface area contributed by atoms with Crippen LogP contribution in [-0.2, 0) is 6.42 Å². The minimum Gasteiger partial charge on any atom is -0.496 e. The molecule has 1 aliphatic heterocycles. The highest BCUT2D eigenvalue weighted by Crippen LogP contribution is 2.21. The molecule has 1 aliphatic rings. The number of carbonyl (C=O) groups is 2. The third-order valence-corrected chi connectivity index (χ3v) is 4.39. The van der Waals surface area contributed by atoms with E-state index in [4.69, 9.17) is 4.74 Å². The lowest BCUT2D eigenvalue weighted by Crippen LogP contribution is -2.44. The van der Waals surface area contributed by atoms with Crippen LogP contribution >= 0.6 is 0 Å². The third kappa shape index (κ3) is 4.87. The number of aryl methyl sites for hydroxylation is 1. The van der Waals surface area contributed by atoms with Crippen LogP contribution in [0.15, 0.2) is 18.2 Å². The van der Waals surface area contributed by atoms with E-state index in [1.807, 2.05) is 43.9 Å². The van der Waals surface area contributed by atoms with Crippen LogP contribution in [0.3, 0.4) is 0 Å². The molecule has 1 aromatic carbocycles. The van der Waals surface area contributed by atoms with Crippen molar-refractivity contribution in [2.75, 3.05) is 33.3 Å². The van der Waals surface area contributed by atoms with Crippen LogP contribution in [0.1, 0.15) is 43.1 Å². The summed E-state index contributed by atoms with van der Waals surface area (Å²) in [4.78, 5) is 28.6. The summed E-state index contributed by atoms with van der Waals surface area (Å²) in [7, 11) is 1.64. The fourth-order valence-corrected chi connectivity index (χ4v) is 3.03. The number of hydrogen-bond acceptors (Lipinski definition) is 3. The fraction of sp³-hybridized carbons (Fsp3) is 0.579. The van der Waals surface area contributed by atoms with E-state index in [1.165, 1.54) is 0 Å². The van der Waals surface area contributed by atoms with E-state index in [1.54, 1.807) is 12.0 Å². The Balaban J connectivity index is 2.04. The molecule has 138 valence electrons. The molecule has 3 amide bonds. The summed E-state index contributed by atoms with van der Waals surface area (Å²) in [5, 5.41) is 2.91. The molecule has 1 heterocycles. The second-order valence-electron chi connectivity index (χ2n) is 6.62. The summed E-state index contributed by atoms with van der Waals surface area (Å²) in [5.41, 5.74) is 1.71. The molecular formula is C19H29N3O3. The molecule has 6 nitrogen and oxygen atoms in total. The van der Waals surface area contributed by atoms with Crippen LogP contribution < -0.4 is 10.1 Å². The van der Waals surface area contributed by atoms with Crippen LogP contribution in [0.4, 0.5) is 4.79 Å². The number of nitrogens with one attached hydrogen (secondary N) is 1. The normalized spacial score (nSPS) is 15.1. The molecule has 6 heteroatoms. The monoisotopic (exact) mass is 347 g/mol. The van der Waals surface area contributed by atoms with Crippen molar-refractivity contribution >= 4 is 11.9 Å². The van der Waals surface area contributed by atoms with E-state index in [-0.39, 0.29) is 18.0 Å². The van der Waals surface area contributed by atoms with Gasteiger partial charge in [0, 0.05) is 37.8 Å². The van der Waals surface area contributed by atoms with Crippen LogP contribution in [0, 0.1) is 0 Å². The Labute approximate surface area is 150 Å². The van der Waals surface area contributed by atoms with E-state index in [9.17, 15) is 9.59 Å². The molecule has 1 N–H and O–H groups in total. The van der Waals surface area contributed by atoms with Gasteiger partial charge in [-0.3, -0.25) is 4.79 Å². The zero-order valence-corrected chi connectivity index (χ0v) is 15.7. The maximum atomic E-state index is 12.8. The zero-order valence-electron chi connectivity index (χ0n) is 15.7. The number of methoxy groups -OCH3 is 1. The Morgan fingerprint density at radius 1 is 1.16 bits per heavy atom. The highest BCUT2D eigenvalue weighted by atomic mass is 16.5. The largest absolute Gasteiger partial charge is 0.496 e. The van der Waals surface area contributed by atoms with Gasteiger partial charge in [0.05, 0.1) is 7.11 Å². The number of hydrogen-bond donors (Lipinski definition) is 1. The summed E-state index contributed by atoms with van der Waals surface area (Å²) in [5.74, 6) is 0.829. The lowest BCUT2D eigenvalue weighted by Gasteiger charge is -2.23. The smallest absolute Gasteiger partial charge is 0.317 e. The topological polar surface area (TPSA) is 61.9 Å². The van der Waals surface area contributed by atoms with E-state index in [2.05, 4.69) is 5.32 Å².